The number of hydrogen-bond acceptors (Lipinski definition) is 7. The molecule has 0 bridgehead atoms. The lowest BCUT2D eigenvalue weighted by Crippen LogP contribution is -2.56. The van der Waals surface area contributed by atoms with Gasteiger partial charge in [0.15, 0.2) is 11.2 Å². The highest BCUT2D eigenvalue weighted by Gasteiger charge is 2.51. The van der Waals surface area contributed by atoms with E-state index in [0.29, 0.717) is 48.1 Å². The van der Waals surface area contributed by atoms with Crippen molar-refractivity contribution in [3.8, 4) is 0 Å². The molecule has 2 aromatic heterocycles. The van der Waals surface area contributed by atoms with Gasteiger partial charge < -0.3 is 14.6 Å². The van der Waals surface area contributed by atoms with Crippen LogP contribution in [0.25, 0.3) is 11.2 Å². The maximum atomic E-state index is 13.6. The van der Waals surface area contributed by atoms with Crippen molar-refractivity contribution in [3.05, 3.63) is 77.6 Å². The van der Waals surface area contributed by atoms with Gasteiger partial charge in [-0.1, -0.05) is 36.5 Å². The fourth-order valence-electron chi connectivity index (χ4n) is 4.86. The first-order valence-electron chi connectivity index (χ1n) is 12.2. The number of nitrogens with zero attached hydrogens (tertiary/aromatic N) is 5. The predicted molar refractivity (Wildman–Crippen MR) is 146 cm³/mol. The van der Waals surface area contributed by atoms with Gasteiger partial charge in [-0.25, -0.2) is 13.4 Å². The molecule has 3 aromatic rings. The van der Waals surface area contributed by atoms with Crippen LogP contribution in [-0.4, -0.2) is 69.1 Å². The third-order valence-electron chi connectivity index (χ3n) is 7.14. The summed E-state index contributed by atoms with van der Waals surface area (Å²) in [7, 11) is -3.86. The van der Waals surface area contributed by atoms with Gasteiger partial charge in [0.1, 0.15) is 5.52 Å². The fraction of sp³-hybridized carbons (Fsp3) is 0.346. The minimum Gasteiger partial charge on any atom is -0.376 e. The molecule has 1 fully saturated rings. The van der Waals surface area contributed by atoms with E-state index in [4.69, 9.17) is 12.2 Å². The summed E-state index contributed by atoms with van der Waals surface area (Å²) >= 11 is 5.33. The number of fused-ring (bicyclic) bond motifs is 1. The molecule has 1 unspecified atom stereocenters. The lowest BCUT2D eigenvalue weighted by Gasteiger charge is -2.42. The number of rotatable bonds is 6. The van der Waals surface area contributed by atoms with Gasteiger partial charge >= 0.3 is 6.18 Å². The van der Waals surface area contributed by atoms with Gasteiger partial charge in [-0.3, -0.25) is 4.98 Å². The Hall–Kier alpha value is -3.13. The first-order valence-corrected chi connectivity index (χ1v) is 14.1. The Morgan fingerprint density at radius 1 is 1.10 bits per heavy atom. The number of thiocarbonyl (C=S) groups is 1. The number of alkyl halides is 3. The third-order valence-corrected chi connectivity index (χ3v) is 9.60. The van der Waals surface area contributed by atoms with Gasteiger partial charge in [0.05, 0.1) is 10.9 Å². The van der Waals surface area contributed by atoms with Crippen LogP contribution in [0.15, 0.2) is 72.1 Å². The summed E-state index contributed by atoms with van der Waals surface area (Å²) in [4.78, 5) is 11.1. The van der Waals surface area contributed by atoms with Gasteiger partial charge in [0.2, 0.25) is 10.0 Å². The zero-order chi connectivity index (χ0) is 28.0. The topological polar surface area (TPSA) is 91.6 Å². The first-order chi connectivity index (χ1) is 18.4. The van der Waals surface area contributed by atoms with Crippen LogP contribution in [0.2, 0.25) is 0 Å². The van der Waals surface area contributed by atoms with Crippen LogP contribution in [0.4, 0.5) is 18.9 Å². The second kappa shape index (κ2) is 10.1. The molecular weight excluding hydrogens is 551 g/mol. The molecular formula is C26H26F3N5O3S2. The Kier molecular flexibility index (Phi) is 7.12. The standard InChI is InChI=1S/C26H26F3N5O3S2/c1-25(35,26(27,28)29)18-6-8-19(9-7-18)34-15-14-33(39(36,37)23-5-3-2-4-22(23)38)17-20(34)16-32-13-10-21-24(32)31-12-11-30-21/h2-3,5-13,20,35H,4,14-17H2,1H3/t20-,25?/m0/s1. The van der Waals surface area contributed by atoms with E-state index in [9.17, 15) is 26.7 Å². The number of piperazine rings is 1. The molecule has 1 aliphatic heterocycles. The lowest BCUT2D eigenvalue weighted by molar-refractivity contribution is -0.258. The van der Waals surface area contributed by atoms with Crippen molar-refractivity contribution >= 4 is 44.0 Å². The Morgan fingerprint density at radius 2 is 1.82 bits per heavy atom. The summed E-state index contributed by atoms with van der Waals surface area (Å²) in [6.45, 7) is 1.64. The van der Waals surface area contributed by atoms with Crippen LogP contribution in [-0.2, 0) is 22.2 Å². The number of sulfonamides is 1. The van der Waals surface area contributed by atoms with Gasteiger partial charge in [-0.2, -0.15) is 17.5 Å². The highest BCUT2D eigenvalue weighted by molar-refractivity contribution is 7.96. The van der Waals surface area contributed by atoms with Gasteiger partial charge in [-0.15, -0.1) is 0 Å². The van der Waals surface area contributed by atoms with E-state index in [1.807, 2.05) is 21.7 Å². The Labute approximate surface area is 229 Å². The molecule has 1 N–H and O–H groups in total. The van der Waals surface area contributed by atoms with Crippen LogP contribution in [0, 0.1) is 0 Å². The smallest absolute Gasteiger partial charge is 0.376 e. The van der Waals surface area contributed by atoms with E-state index in [1.165, 1.54) is 34.6 Å². The number of hydrogen-bond donors (Lipinski definition) is 1. The molecule has 1 saturated heterocycles. The zero-order valence-electron chi connectivity index (χ0n) is 20.9. The van der Waals surface area contributed by atoms with Crippen molar-refractivity contribution in [2.24, 2.45) is 0 Å². The molecule has 1 aromatic carbocycles. The Morgan fingerprint density at radius 3 is 2.51 bits per heavy atom. The first kappa shape index (κ1) is 27.4. The third kappa shape index (κ3) is 5.11. The van der Waals surface area contributed by atoms with Gasteiger partial charge in [0.25, 0.3) is 0 Å². The lowest BCUT2D eigenvalue weighted by atomic mass is 9.95. The number of anilines is 1. The summed E-state index contributed by atoms with van der Waals surface area (Å²) < 4.78 is 70.5. The van der Waals surface area contributed by atoms with Gasteiger partial charge in [0, 0.05) is 61.7 Å². The molecule has 0 spiro atoms. The molecule has 8 nitrogen and oxygen atoms in total. The molecule has 0 saturated carbocycles. The van der Waals surface area contributed by atoms with Crippen molar-refractivity contribution < 1.29 is 26.7 Å². The molecule has 13 heteroatoms. The summed E-state index contributed by atoms with van der Waals surface area (Å²) in [5.41, 5.74) is -1.35. The minimum absolute atomic E-state index is 0.114. The zero-order valence-corrected chi connectivity index (χ0v) is 22.5. The summed E-state index contributed by atoms with van der Waals surface area (Å²) in [5, 5.41) is 10.1. The highest BCUT2D eigenvalue weighted by Crippen LogP contribution is 2.39. The SMILES string of the molecule is CC(O)(c1ccc(N2CCN(S(=O)(=O)C3=CC=CCC3=S)C[C@@H]2Cn2ccc3nccnc32)cc1)C(F)(F)F. The maximum Gasteiger partial charge on any atom is 0.421 e. The molecule has 206 valence electrons. The van der Waals surface area contributed by atoms with E-state index in [0.717, 1.165) is 0 Å². The second-order valence-electron chi connectivity index (χ2n) is 9.65. The molecule has 0 amide bonds. The van der Waals surface area contributed by atoms with Crippen LogP contribution < -0.4 is 4.90 Å². The molecule has 3 heterocycles. The van der Waals surface area contributed by atoms with Crippen LogP contribution in [0.1, 0.15) is 18.9 Å². The minimum atomic E-state index is -4.84. The van der Waals surface area contributed by atoms with Crippen molar-refractivity contribution in [1.29, 1.82) is 0 Å². The molecule has 0 radical (unpaired) electrons. The summed E-state index contributed by atoms with van der Waals surface area (Å²) in [6, 6.07) is 6.95. The molecule has 39 heavy (non-hydrogen) atoms. The summed E-state index contributed by atoms with van der Waals surface area (Å²) in [6.07, 6.45) is 5.53. The predicted octanol–water partition coefficient (Wildman–Crippen LogP) is 3.94. The maximum absolute atomic E-state index is 13.6. The quantitative estimate of drug-likeness (QED) is 0.444. The fourth-order valence-corrected chi connectivity index (χ4v) is 6.93. The molecule has 2 atom stereocenters. The van der Waals surface area contributed by atoms with Crippen molar-refractivity contribution in [2.45, 2.75) is 37.7 Å². The van der Waals surface area contributed by atoms with E-state index in [-0.39, 0.29) is 23.6 Å². The van der Waals surface area contributed by atoms with Gasteiger partial charge in [-0.05, 0) is 36.8 Å². The van der Waals surface area contributed by atoms with Crippen LogP contribution in [0.3, 0.4) is 0 Å². The van der Waals surface area contributed by atoms with Crippen molar-refractivity contribution in [1.82, 2.24) is 18.8 Å². The summed E-state index contributed by atoms with van der Waals surface area (Å²) in [5.74, 6) is 0. The number of halogens is 3. The average molecular weight is 578 g/mol. The van der Waals surface area contributed by atoms with Crippen LogP contribution >= 0.6 is 12.2 Å². The number of aliphatic hydroxyl groups is 1. The van der Waals surface area contributed by atoms with E-state index in [1.54, 1.807) is 24.5 Å². The number of allylic oxidation sites excluding steroid dienone is 4. The average Bonchev–Trinajstić information content (AvgIpc) is 3.31. The second-order valence-corrected chi connectivity index (χ2v) is 12.0. The van der Waals surface area contributed by atoms with E-state index < -0.39 is 27.8 Å². The highest BCUT2D eigenvalue weighted by atomic mass is 32.2. The molecule has 5 rings (SSSR count). The number of benzene rings is 1. The van der Waals surface area contributed by atoms with Crippen molar-refractivity contribution in [3.63, 3.8) is 0 Å². The normalized spacial score (nSPS) is 20.7. The Balaban J connectivity index is 1.48. The van der Waals surface area contributed by atoms with Crippen molar-refractivity contribution in [2.75, 3.05) is 24.5 Å². The number of aromatic nitrogens is 3. The van der Waals surface area contributed by atoms with E-state index in [2.05, 4.69) is 9.97 Å². The molecule has 2 aliphatic rings. The van der Waals surface area contributed by atoms with E-state index >= 15 is 0 Å². The Bertz CT molecular complexity index is 1560. The molecule has 1 aliphatic carbocycles. The van der Waals surface area contributed by atoms with Crippen LogP contribution in [0.5, 0.6) is 0 Å². The monoisotopic (exact) mass is 577 g/mol. The largest absolute Gasteiger partial charge is 0.421 e.